The van der Waals surface area contributed by atoms with Gasteiger partial charge in [-0.1, -0.05) is 6.07 Å². The first-order chi connectivity index (χ1) is 13.3. The van der Waals surface area contributed by atoms with Crippen molar-refractivity contribution in [3.8, 4) is 0 Å². The fourth-order valence-corrected chi connectivity index (χ4v) is 2.39. The van der Waals surface area contributed by atoms with E-state index < -0.39 is 18.0 Å². The summed E-state index contributed by atoms with van der Waals surface area (Å²) in [6, 6.07) is 11.1. The molecule has 0 aliphatic rings. The second-order valence-corrected chi connectivity index (χ2v) is 5.50. The van der Waals surface area contributed by atoms with Crippen LogP contribution in [-0.2, 0) is 4.74 Å². The molecule has 3 rings (SSSR count). The molecule has 28 heavy (non-hydrogen) atoms. The third-order valence-electron chi connectivity index (χ3n) is 3.63. The molecular weight excluding hydrogens is 366 g/mol. The summed E-state index contributed by atoms with van der Waals surface area (Å²) in [4.78, 5) is 35.4. The van der Waals surface area contributed by atoms with E-state index in [0.29, 0.717) is 11.3 Å². The van der Waals surface area contributed by atoms with Gasteiger partial charge in [0.15, 0.2) is 0 Å². The SMILES string of the molecule is CCOC(=O)Nc1ccc(C(=O)O)c(N)c1.O=C(O)c1cccc2[nH]ccc12. The maximum atomic E-state index is 11.1. The molecule has 0 aliphatic carbocycles. The van der Waals surface area contributed by atoms with E-state index in [1.165, 1.54) is 18.2 Å². The monoisotopic (exact) mass is 385 g/mol. The molecule has 6 N–H and O–H groups in total. The molecule has 146 valence electrons. The molecule has 0 aliphatic heterocycles. The third-order valence-corrected chi connectivity index (χ3v) is 3.63. The molecule has 0 bridgehead atoms. The third kappa shape index (κ3) is 5.01. The Bertz CT molecular complexity index is 1010. The van der Waals surface area contributed by atoms with Crippen molar-refractivity contribution in [1.82, 2.24) is 4.98 Å². The Morgan fingerprint density at radius 3 is 2.39 bits per heavy atom. The quantitative estimate of drug-likeness (QED) is 0.431. The van der Waals surface area contributed by atoms with Crippen LogP contribution in [-0.4, -0.2) is 39.8 Å². The van der Waals surface area contributed by atoms with Crippen molar-refractivity contribution in [2.24, 2.45) is 0 Å². The van der Waals surface area contributed by atoms with Crippen LogP contribution in [0, 0.1) is 0 Å². The molecule has 0 saturated carbocycles. The minimum Gasteiger partial charge on any atom is -0.478 e. The van der Waals surface area contributed by atoms with E-state index >= 15 is 0 Å². The van der Waals surface area contributed by atoms with E-state index in [4.69, 9.17) is 15.9 Å². The molecule has 1 amide bonds. The maximum Gasteiger partial charge on any atom is 0.411 e. The average molecular weight is 385 g/mol. The number of carbonyl (C=O) groups is 3. The molecule has 3 aromatic rings. The number of carboxylic acid groups (broad SMARTS) is 2. The Balaban J connectivity index is 0.000000207. The first-order valence-corrected chi connectivity index (χ1v) is 8.19. The van der Waals surface area contributed by atoms with Crippen LogP contribution >= 0.6 is 0 Å². The molecule has 1 aromatic heterocycles. The predicted molar refractivity (Wildman–Crippen MR) is 104 cm³/mol. The highest BCUT2D eigenvalue weighted by Crippen LogP contribution is 2.18. The number of hydrogen-bond acceptors (Lipinski definition) is 5. The summed E-state index contributed by atoms with van der Waals surface area (Å²) < 4.78 is 4.66. The molecule has 0 spiro atoms. The van der Waals surface area contributed by atoms with Crippen molar-refractivity contribution < 1.29 is 29.3 Å². The molecule has 9 heteroatoms. The highest BCUT2D eigenvalue weighted by molar-refractivity contribution is 6.02. The minimum atomic E-state index is -1.11. The number of anilines is 2. The van der Waals surface area contributed by atoms with E-state index in [0.717, 1.165) is 10.9 Å². The molecule has 1 heterocycles. The molecule has 0 saturated heterocycles. The number of aromatic nitrogens is 1. The van der Waals surface area contributed by atoms with E-state index in [1.54, 1.807) is 31.3 Å². The number of hydrogen-bond donors (Lipinski definition) is 5. The Labute approximate surface area is 159 Å². The topological polar surface area (TPSA) is 155 Å². The summed E-state index contributed by atoms with van der Waals surface area (Å²) in [7, 11) is 0. The number of aromatic carboxylic acids is 2. The summed E-state index contributed by atoms with van der Waals surface area (Å²) >= 11 is 0. The van der Waals surface area contributed by atoms with Crippen LogP contribution in [0.5, 0.6) is 0 Å². The van der Waals surface area contributed by atoms with Crippen LogP contribution in [0.2, 0.25) is 0 Å². The maximum absolute atomic E-state index is 11.1. The Hall–Kier alpha value is -4.01. The normalized spacial score (nSPS) is 9.89. The number of nitrogen functional groups attached to an aromatic ring is 1. The van der Waals surface area contributed by atoms with Gasteiger partial charge in [0, 0.05) is 28.5 Å². The number of amides is 1. The number of rotatable bonds is 4. The van der Waals surface area contributed by atoms with Crippen LogP contribution in [0.3, 0.4) is 0 Å². The van der Waals surface area contributed by atoms with Crippen molar-refractivity contribution in [1.29, 1.82) is 0 Å². The zero-order valence-electron chi connectivity index (χ0n) is 14.9. The molecule has 0 fully saturated rings. The zero-order valence-corrected chi connectivity index (χ0v) is 14.9. The van der Waals surface area contributed by atoms with Gasteiger partial charge in [-0.3, -0.25) is 5.32 Å². The molecular formula is C19H19N3O6. The lowest BCUT2D eigenvalue weighted by Gasteiger charge is -2.07. The van der Waals surface area contributed by atoms with E-state index in [9.17, 15) is 14.4 Å². The number of nitrogens with one attached hydrogen (secondary N) is 2. The van der Waals surface area contributed by atoms with E-state index in [2.05, 4.69) is 15.0 Å². The Morgan fingerprint density at radius 2 is 1.79 bits per heavy atom. The number of fused-ring (bicyclic) bond motifs is 1. The number of aromatic amines is 1. The summed E-state index contributed by atoms with van der Waals surface area (Å²) in [6.45, 7) is 1.94. The number of carbonyl (C=O) groups excluding carboxylic acids is 1. The summed E-state index contributed by atoms with van der Waals surface area (Å²) in [5.41, 5.74) is 7.17. The highest BCUT2D eigenvalue weighted by Gasteiger charge is 2.09. The van der Waals surface area contributed by atoms with Crippen molar-refractivity contribution >= 4 is 40.3 Å². The van der Waals surface area contributed by atoms with Crippen LogP contribution in [0.15, 0.2) is 48.7 Å². The first-order valence-electron chi connectivity index (χ1n) is 8.19. The Morgan fingerprint density at radius 1 is 1.07 bits per heavy atom. The number of benzene rings is 2. The standard InChI is InChI=1S/C10H12N2O4.C9H7NO2/c1-2-16-10(15)12-6-3-4-7(9(13)14)8(11)5-6;11-9(12)7-2-1-3-8-6(7)4-5-10-8/h3-5H,2,11H2,1H3,(H,12,15)(H,13,14);1-5,10H,(H,11,12). The van der Waals surface area contributed by atoms with Crippen molar-refractivity contribution in [2.75, 3.05) is 17.7 Å². The molecule has 0 unspecified atom stereocenters. The van der Waals surface area contributed by atoms with Crippen molar-refractivity contribution in [2.45, 2.75) is 6.92 Å². The lowest BCUT2D eigenvalue weighted by molar-refractivity contribution is 0.0687. The van der Waals surface area contributed by atoms with Crippen LogP contribution in [0.4, 0.5) is 16.2 Å². The van der Waals surface area contributed by atoms with Crippen LogP contribution in [0.1, 0.15) is 27.6 Å². The van der Waals surface area contributed by atoms with Gasteiger partial charge in [0.1, 0.15) is 0 Å². The fraction of sp³-hybridized carbons (Fsp3) is 0.105. The average Bonchev–Trinajstić information content (AvgIpc) is 3.10. The number of carboxylic acids is 2. The number of ether oxygens (including phenoxy) is 1. The van der Waals surface area contributed by atoms with E-state index in [1.807, 2.05) is 6.07 Å². The molecule has 0 atom stereocenters. The second kappa shape index (κ2) is 9.08. The highest BCUT2D eigenvalue weighted by atomic mass is 16.5. The fourth-order valence-electron chi connectivity index (χ4n) is 2.39. The summed E-state index contributed by atoms with van der Waals surface area (Å²) in [5.74, 6) is -2.00. The lowest BCUT2D eigenvalue weighted by Crippen LogP contribution is -2.13. The van der Waals surface area contributed by atoms with Gasteiger partial charge in [-0.2, -0.15) is 0 Å². The van der Waals surface area contributed by atoms with Gasteiger partial charge < -0.3 is 25.7 Å². The zero-order chi connectivity index (χ0) is 20.7. The molecule has 0 radical (unpaired) electrons. The largest absolute Gasteiger partial charge is 0.478 e. The molecule has 2 aromatic carbocycles. The lowest BCUT2D eigenvalue weighted by atomic mass is 10.1. The van der Waals surface area contributed by atoms with Gasteiger partial charge in [-0.05, 0) is 43.3 Å². The van der Waals surface area contributed by atoms with Gasteiger partial charge in [0.2, 0.25) is 0 Å². The van der Waals surface area contributed by atoms with Gasteiger partial charge in [-0.25, -0.2) is 14.4 Å². The van der Waals surface area contributed by atoms with Gasteiger partial charge >= 0.3 is 18.0 Å². The van der Waals surface area contributed by atoms with Gasteiger partial charge in [-0.15, -0.1) is 0 Å². The summed E-state index contributed by atoms with van der Waals surface area (Å²) in [6.07, 6.45) is 1.13. The Kier molecular flexibility index (Phi) is 6.58. The van der Waals surface area contributed by atoms with Crippen LogP contribution < -0.4 is 11.1 Å². The molecule has 9 nitrogen and oxygen atoms in total. The van der Waals surface area contributed by atoms with Crippen molar-refractivity contribution in [3.05, 3.63) is 59.8 Å². The van der Waals surface area contributed by atoms with E-state index in [-0.39, 0.29) is 17.9 Å². The second-order valence-electron chi connectivity index (χ2n) is 5.50. The predicted octanol–water partition coefficient (Wildman–Crippen LogP) is 3.40. The number of nitrogens with two attached hydrogens (primary N) is 1. The van der Waals surface area contributed by atoms with Crippen molar-refractivity contribution in [3.63, 3.8) is 0 Å². The van der Waals surface area contributed by atoms with Crippen LogP contribution in [0.25, 0.3) is 10.9 Å². The smallest absolute Gasteiger partial charge is 0.411 e. The first kappa shape index (κ1) is 20.3. The van der Waals surface area contributed by atoms with Gasteiger partial charge in [0.05, 0.1) is 17.7 Å². The minimum absolute atomic E-state index is 0.00518. The number of H-pyrrole nitrogens is 1. The summed E-state index contributed by atoms with van der Waals surface area (Å²) in [5, 5.41) is 20.7. The van der Waals surface area contributed by atoms with Gasteiger partial charge in [0.25, 0.3) is 0 Å².